The molecule has 8 nitrogen and oxygen atoms in total. The highest BCUT2D eigenvalue weighted by Gasteiger charge is 2.24. The number of benzene rings is 2. The number of hydrogen-bond donors (Lipinski definition) is 1. The molecule has 1 N–H and O–H groups in total. The third-order valence-electron chi connectivity index (χ3n) is 6.42. The first-order valence-corrected chi connectivity index (χ1v) is 12.9. The lowest BCUT2D eigenvalue weighted by atomic mass is 10.0. The van der Waals surface area contributed by atoms with Gasteiger partial charge in [0.2, 0.25) is 5.91 Å². The van der Waals surface area contributed by atoms with E-state index in [-0.39, 0.29) is 24.5 Å². The number of amides is 3. The van der Waals surface area contributed by atoms with E-state index in [1.165, 1.54) is 5.56 Å². The molecule has 0 fully saturated rings. The maximum absolute atomic E-state index is 13.5. The first-order valence-electron chi connectivity index (χ1n) is 12.9. The predicted molar refractivity (Wildman–Crippen MR) is 149 cm³/mol. The Morgan fingerprint density at radius 1 is 0.947 bits per heavy atom. The van der Waals surface area contributed by atoms with Crippen molar-refractivity contribution < 1.29 is 23.5 Å². The van der Waals surface area contributed by atoms with Crippen molar-refractivity contribution in [1.82, 2.24) is 9.80 Å². The quantitative estimate of drug-likeness (QED) is 0.319. The van der Waals surface area contributed by atoms with Gasteiger partial charge in [0.05, 0.1) is 27.0 Å². The fourth-order valence-corrected chi connectivity index (χ4v) is 4.06. The molecule has 0 saturated heterocycles. The number of hydrogen-bond acceptors (Lipinski definition) is 5. The van der Waals surface area contributed by atoms with Gasteiger partial charge in [0.1, 0.15) is 12.3 Å². The second kappa shape index (κ2) is 13.6. The molecule has 8 heteroatoms. The number of ether oxygens (including phenoxy) is 2. The first-order chi connectivity index (χ1) is 18.2. The van der Waals surface area contributed by atoms with Crippen LogP contribution in [0.5, 0.6) is 11.5 Å². The van der Waals surface area contributed by atoms with E-state index in [1.54, 1.807) is 36.3 Å². The molecule has 0 atom stereocenters. The number of carbonyl (C=O) groups is 2. The lowest BCUT2D eigenvalue weighted by Crippen LogP contribution is -2.47. The summed E-state index contributed by atoms with van der Waals surface area (Å²) in [4.78, 5) is 29.9. The predicted octanol–water partition coefficient (Wildman–Crippen LogP) is 5.93. The van der Waals surface area contributed by atoms with Gasteiger partial charge in [-0.05, 0) is 73.7 Å². The second-order valence-corrected chi connectivity index (χ2v) is 9.76. The molecular weight excluding hydrogens is 482 g/mol. The van der Waals surface area contributed by atoms with Crippen LogP contribution in [0.25, 0.3) is 0 Å². The summed E-state index contributed by atoms with van der Waals surface area (Å²) >= 11 is 0. The van der Waals surface area contributed by atoms with E-state index in [2.05, 4.69) is 19.2 Å². The molecule has 0 spiro atoms. The fraction of sp³-hybridized carbons (Fsp3) is 0.400. The fourth-order valence-electron chi connectivity index (χ4n) is 4.06. The minimum atomic E-state index is -0.316. The van der Waals surface area contributed by atoms with Crippen LogP contribution in [-0.4, -0.2) is 55.1 Å². The van der Waals surface area contributed by atoms with Crippen LogP contribution in [0.4, 0.5) is 10.5 Å². The van der Waals surface area contributed by atoms with Crippen molar-refractivity contribution in [1.29, 1.82) is 0 Å². The molecule has 0 saturated carbocycles. The largest absolute Gasteiger partial charge is 0.493 e. The second-order valence-electron chi connectivity index (χ2n) is 9.76. The molecule has 1 heterocycles. The van der Waals surface area contributed by atoms with Crippen LogP contribution in [0, 0.1) is 0 Å². The van der Waals surface area contributed by atoms with Crippen molar-refractivity contribution in [2.45, 2.75) is 52.6 Å². The Balaban J connectivity index is 1.72. The van der Waals surface area contributed by atoms with E-state index in [4.69, 9.17) is 13.9 Å². The Bertz CT molecular complexity index is 1170. The van der Waals surface area contributed by atoms with E-state index in [0.29, 0.717) is 48.4 Å². The number of anilines is 1. The van der Waals surface area contributed by atoms with E-state index in [9.17, 15) is 9.59 Å². The van der Waals surface area contributed by atoms with Gasteiger partial charge in [0, 0.05) is 18.3 Å². The molecule has 3 amide bonds. The van der Waals surface area contributed by atoms with Gasteiger partial charge in [-0.25, -0.2) is 4.79 Å². The van der Waals surface area contributed by atoms with Gasteiger partial charge >= 0.3 is 6.03 Å². The number of rotatable bonds is 12. The molecule has 1 aromatic heterocycles. The van der Waals surface area contributed by atoms with Crippen molar-refractivity contribution in [2.24, 2.45) is 0 Å². The molecular formula is C30H39N3O5. The van der Waals surface area contributed by atoms with E-state index in [0.717, 1.165) is 5.56 Å². The van der Waals surface area contributed by atoms with Crippen molar-refractivity contribution in [3.63, 3.8) is 0 Å². The molecule has 0 aliphatic carbocycles. The number of nitrogens with one attached hydrogen (secondary N) is 1. The van der Waals surface area contributed by atoms with E-state index >= 15 is 0 Å². The first kappa shape index (κ1) is 28.6. The number of methoxy groups -OCH3 is 2. The van der Waals surface area contributed by atoms with Gasteiger partial charge < -0.3 is 29.0 Å². The minimum absolute atomic E-state index is 0.0553. The average molecular weight is 522 g/mol. The smallest absolute Gasteiger partial charge is 0.322 e. The lowest BCUT2D eigenvalue weighted by Gasteiger charge is -2.30. The highest BCUT2D eigenvalue weighted by atomic mass is 16.5. The zero-order valence-electron chi connectivity index (χ0n) is 23.2. The summed E-state index contributed by atoms with van der Waals surface area (Å²) in [5.74, 6) is 2.20. The maximum Gasteiger partial charge on any atom is 0.322 e. The maximum atomic E-state index is 13.5. The van der Waals surface area contributed by atoms with Crippen LogP contribution in [0.3, 0.4) is 0 Å². The third kappa shape index (κ3) is 7.78. The van der Waals surface area contributed by atoms with E-state index < -0.39 is 0 Å². The van der Waals surface area contributed by atoms with Crippen LogP contribution < -0.4 is 14.8 Å². The number of carbonyl (C=O) groups excluding carboxylic acids is 2. The normalized spacial score (nSPS) is 10.9. The van der Waals surface area contributed by atoms with Gasteiger partial charge in [0.25, 0.3) is 0 Å². The summed E-state index contributed by atoms with van der Waals surface area (Å²) in [6, 6.07) is 16.6. The van der Waals surface area contributed by atoms with Gasteiger partial charge in [-0.1, -0.05) is 32.0 Å². The molecule has 0 radical (unpaired) electrons. The number of furan rings is 1. The molecule has 0 unspecified atom stereocenters. The monoisotopic (exact) mass is 521 g/mol. The summed E-state index contributed by atoms with van der Waals surface area (Å²) in [5, 5.41) is 2.93. The van der Waals surface area contributed by atoms with Gasteiger partial charge in [-0.2, -0.15) is 0 Å². The number of urea groups is 1. The van der Waals surface area contributed by atoms with Gasteiger partial charge in [0.15, 0.2) is 11.5 Å². The third-order valence-corrected chi connectivity index (χ3v) is 6.42. The lowest BCUT2D eigenvalue weighted by molar-refractivity contribution is -0.133. The summed E-state index contributed by atoms with van der Waals surface area (Å²) in [6.45, 7) is 8.74. The van der Waals surface area contributed by atoms with Crippen molar-refractivity contribution >= 4 is 17.6 Å². The van der Waals surface area contributed by atoms with Crippen LogP contribution >= 0.6 is 0 Å². The van der Waals surface area contributed by atoms with Crippen LogP contribution in [0.15, 0.2) is 65.3 Å². The minimum Gasteiger partial charge on any atom is -0.493 e. The molecule has 3 rings (SSSR count). The zero-order chi connectivity index (χ0) is 27.7. The Morgan fingerprint density at radius 3 is 2.24 bits per heavy atom. The summed E-state index contributed by atoms with van der Waals surface area (Å²) in [7, 11) is 3.19. The Hall–Kier alpha value is -3.94. The SMILES string of the molecule is COc1ccc(CCN(Cc2ccco2)C(=O)CN(C(=O)Nc2ccc(C(C)C)cc2)C(C)C)cc1OC. The van der Waals surface area contributed by atoms with Crippen LogP contribution in [0.2, 0.25) is 0 Å². The molecule has 2 aromatic carbocycles. The molecule has 3 aromatic rings. The molecule has 0 aliphatic heterocycles. The number of nitrogens with zero attached hydrogens (tertiary/aromatic N) is 2. The zero-order valence-corrected chi connectivity index (χ0v) is 23.2. The summed E-state index contributed by atoms with van der Waals surface area (Å²) in [5.41, 5.74) is 2.89. The Labute approximate surface area is 225 Å². The van der Waals surface area contributed by atoms with Gasteiger partial charge in [-0.15, -0.1) is 0 Å². The summed E-state index contributed by atoms with van der Waals surface area (Å²) in [6.07, 6.45) is 2.19. The molecule has 38 heavy (non-hydrogen) atoms. The average Bonchev–Trinajstić information content (AvgIpc) is 3.42. The highest BCUT2D eigenvalue weighted by Crippen LogP contribution is 2.28. The topological polar surface area (TPSA) is 84.2 Å². The molecule has 204 valence electrons. The van der Waals surface area contributed by atoms with Gasteiger partial charge in [-0.3, -0.25) is 4.79 Å². The van der Waals surface area contributed by atoms with E-state index in [1.807, 2.05) is 62.4 Å². The highest BCUT2D eigenvalue weighted by molar-refractivity contribution is 5.92. The van der Waals surface area contributed by atoms with Crippen molar-refractivity contribution in [2.75, 3.05) is 32.6 Å². The van der Waals surface area contributed by atoms with Crippen LogP contribution in [-0.2, 0) is 17.8 Å². The van der Waals surface area contributed by atoms with Crippen LogP contribution in [0.1, 0.15) is 50.5 Å². The molecule has 0 bridgehead atoms. The van der Waals surface area contributed by atoms with Crippen molar-refractivity contribution in [3.8, 4) is 11.5 Å². The van der Waals surface area contributed by atoms with Crippen molar-refractivity contribution in [3.05, 3.63) is 77.7 Å². The molecule has 0 aliphatic rings. The Kier molecular flexibility index (Phi) is 10.2. The Morgan fingerprint density at radius 2 is 1.66 bits per heavy atom. The standard InChI is InChI=1S/C30H39N3O5/c1-21(2)24-10-12-25(13-11-24)31-30(35)33(22(3)4)20-29(34)32(19-26-8-7-17-38-26)16-15-23-9-14-27(36-5)28(18-23)37-6/h7-14,17-18,21-22H,15-16,19-20H2,1-6H3,(H,31,35). The summed E-state index contributed by atoms with van der Waals surface area (Å²) < 4.78 is 16.3.